The average molecular weight is 220 g/mol. The van der Waals surface area contributed by atoms with Gasteiger partial charge in [-0.3, -0.25) is 0 Å². The molecule has 2 aromatic rings. The van der Waals surface area contributed by atoms with E-state index in [1.165, 1.54) is 0 Å². The van der Waals surface area contributed by atoms with E-state index in [2.05, 4.69) is 14.9 Å². The molecule has 5 heteroatoms. The van der Waals surface area contributed by atoms with Crippen molar-refractivity contribution in [3.8, 4) is 6.01 Å². The van der Waals surface area contributed by atoms with E-state index in [-0.39, 0.29) is 0 Å². The lowest BCUT2D eigenvalue weighted by Gasteiger charge is -2.08. The van der Waals surface area contributed by atoms with E-state index in [9.17, 15) is 0 Å². The third kappa shape index (κ3) is 2.43. The van der Waals surface area contributed by atoms with Crippen molar-refractivity contribution >= 4 is 16.7 Å². The van der Waals surface area contributed by atoms with Crippen molar-refractivity contribution in [3.63, 3.8) is 0 Å². The molecule has 0 aliphatic carbocycles. The lowest BCUT2D eigenvalue weighted by Crippen LogP contribution is -2.19. The van der Waals surface area contributed by atoms with Crippen LogP contribution in [0.3, 0.4) is 0 Å². The van der Waals surface area contributed by atoms with Crippen LogP contribution in [0.5, 0.6) is 6.01 Å². The Hall–Kier alpha value is -1.75. The van der Waals surface area contributed by atoms with E-state index in [1.807, 2.05) is 32.3 Å². The third-order valence-electron chi connectivity index (χ3n) is 2.26. The van der Waals surface area contributed by atoms with Crippen LogP contribution in [0.2, 0.25) is 0 Å². The number of H-pyrrole nitrogens is 1. The number of likely N-dealkylation sites (N-methyl/N-ethyl adjacent to an activating group) is 1. The summed E-state index contributed by atoms with van der Waals surface area (Å²) >= 11 is 0. The fourth-order valence-corrected chi connectivity index (χ4v) is 1.40. The molecule has 0 amide bonds. The predicted octanol–water partition coefficient (Wildman–Crippen LogP) is 1.09. The number of nitrogens with two attached hydrogens (primary N) is 1. The smallest absolute Gasteiger partial charge is 0.294 e. The van der Waals surface area contributed by atoms with Gasteiger partial charge in [0.1, 0.15) is 6.61 Å². The molecule has 0 spiro atoms. The minimum atomic E-state index is 0.544. The molecule has 5 nitrogen and oxygen atoms in total. The van der Waals surface area contributed by atoms with Gasteiger partial charge in [0.05, 0.1) is 11.0 Å². The summed E-state index contributed by atoms with van der Waals surface area (Å²) in [6.45, 7) is 1.47. The molecule has 0 saturated carbocycles. The van der Waals surface area contributed by atoms with Crippen LogP contribution in [0.1, 0.15) is 0 Å². The van der Waals surface area contributed by atoms with Crippen molar-refractivity contribution < 1.29 is 4.74 Å². The summed E-state index contributed by atoms with van der Waals surface area (Å²) in [4.78, 5) is 9.43. The number of imidazole rings is 1. The molecule has 86 valence electrons. The molecule has 3 N–H and O–H groups in total. The van der Waals surface area contributed by atoms with Gasteiger partial charge >= 0.3 is 0 Å². The molecule has 0 fully saturated rings. The van der Waals surface area contributed by atoms with Crippen molar-refractivity contribution in [3.05, 3.63) is 18.2 Å². The Morgan fingerprint density at radius 2 is 2.25 bits per heavy atom. The maximum Gasteiger partial charge on any atom is 0.294 e. The molecule has 0 saturated heterocycles. The largest absolute Gasteiger partial charge is 0.463 e. The Labute approximate surface area is 94.2 Å². The van der Waals surface area contributed by atoms with Crippen molar-refractivity contribution in [2.75, 3.05) is 33.0 Å². The number of nitrogens with zero attached hydrogens (tertiary/aromatic N) is 2. The summed E-state index contributed by atoms with van der Waals surface area (Å²) in [5, 5.41) is 0. The third-order valence-corrected chi connectivity index (χ3v) is 2.26. The highest BCUT2D eigenvalue weighted by molar-refractivity contribution is 5.79. The molecule has 0 radical (unpaired) electrons. The Bertz CT molecular complexity index is 478. The molecule has 2 rings (SSSR count). The van der Waals surface area contributed by atoms with Crippen LogP contribution >= 0.6 is 0 Å². The normalized spacial score (nSPS) is 11.2. The molecule has 1 aromatic heterocycles. The SMILES string of the molecule is CN(C)CCOc1nc2ccc(N)cc2[nH]1. The van der Waals surface area contributed by atoms with Crippen LogP contribution in [0.25, 0.3) is 11.0 Å². The second-order valence-corrected chi connectivity index (χ2v) is 3.97. The van der Waals surface area contributed by atoms with Crippen LogP contribution in [0.4, 0.5) is 5.69 Å². The summed E-state index contributed by atoms with van der Waals surface area (Å²) in [6.07, 6.45) is 0. The summed E-state index contributed by atoms with van der Waals surface area (Å²) < 4.78 is 5.49. The first-order chi connectivity index (χ1) is 7.65. The minimum absolute atomic E-state index is 0.544. The van der Waals surface area contributed by atoms with Gasteiger partial charge in [-0.2, -0.15) is 4.98 Å². The fraction of sp³-hybridized carbons (Fsp3) is 0.364. The first-order valence-electron chi connectivity index (χ1n) is 5.18. The predicted molar refractivity (Wildman–Crippen MR) is 64.6 cm³/mol. The summed E-state index contributed by atoms with van der Waals surface area (Å²) in [5.41, 5.74) is 8.17. The lowest BCUT2D eigenvalue weighted by molar-refractivity contribution is 0.248. The molecule has 1 aromatic carbocycles. The molecule has 0 bridgehead atoms. The minimum Gasteiger partial charge on any atom is -0.463 e. The highest BCUT2D eigenvalue weighted by Gasteiger charge is 2.03. The fourth-order valence-electron chi connectivity index (χ4n) is 1.40. The summed E-state index contributed by atoms with van der Waals surface area (Å²) in [6, 6.07) is 6.09. The number of hydrogen-bond donors (Lipinski definition) is 2. The zero-order valence-corrected chi connectivity index (χ0v) is 9.53. The van der Waals surface area contributed by atoms with Crippen molar-refractivity contribution in [2.24, 2.45) is 0 Å². The van der Waals surface area contributed by atoms with Gasteiger partial charge in [0.15, 0.2) is 0 Å². The van der Waals surface area contributed by atoms with Crippen LogP contribution in [0.15, 0.2) is 18.2 Å². The number of ether oxygens (including phenoxy) is 1. The molecule has 0 atom stereocenters. The van der Waals surface area contributed by atoms with Gasteiger partial charge < -0.3 is 20.4 Å². The molecule has 0 aliphatic heterocycles. The number of nitrogen functional groups attached to an aromatic ring is 1. The summed E-state index contributed by atoms with van der Waals surface area (Å²) in [5.74, 6) is 0. The Kier molecular flexibility index (Phi) is 2.96. The second-order valence-electron chi connectivity index (χ2n) is 3.97. The van der Waals surface area contributed by atoms with Gasteiger partial charge in [0, 0.05) is 12.2 Å². The topological polar surface area (TPSA) is 67.2 Å². The number of nitrogens with one attached hydrogen (secondary N) is 1. The average Bonchev–Trinajstić information content (AvgIpc) is 2.58. The van der Waals surface area contributed by atoms with Crippen LogP contribution in [-0.4, -0.2) is 42.1 Å². The number of aromatic nitrogens is 2. The second kappa shape index (κ2) is 4.40. The van der Waals surface area contributed by atoms with Gasteiger partial charge in [-0.15, -0.1) is 0 Å². The maximum atomic E-state index is 5.68. The van der Waals surface area contributed by atoms with Gasteiger partial charge in [-0.05, 0) is 32.3 Å². The number of fused-ring (bicyclic) bond motifs is 1. The van der Waals surface area contributed by atoms with E-state index in [0.29, 0.717) is 12.6 Å². The van der Waals surface area contributed by atoms with E-state index in [1.54, 1.807) is 0 Å². The highest BCUT2D eigenvalue weighted by Crippen LogP contribution is 2.18. The first kappa shape index (κ1) is 10.8. The van der Waals surface area contributed by atoms with Crippen LogP contribution in [-0.2, 0) is 0 Å². The van der Waals surface area contributed by atoms with E-state index in [0.717, 1.165) is 23.3 Å². The van der Waals surface area contributed by atoms with E-state index in [4.69, 9.17) is 10.5 Å². The van der Waals surface area contributed by atoms with Crippen molar-refractivity contribution in [2.45, 2.75) is 0 Å². The number of anilines is 1. The maximum absolute atomic E-state index is 5.68. The zero-order chi connectivity index (χ0) is 11.5. The van der Waals surface area contributed by atoms with Crippen molar-refractivity contribution in [1.82, 2.24) is 14.9 Å². The molecule has 1 heterocycles. The Balaban J connectivity index is 2.08. The molecule has 0 aliphatic rings. The quantitative estimate of drug-likeness (QED) is 0.757. The standard InChI is InChI=1S/C11H16N4O/c1-15(2)5-6-16-11-13-9-4-3-8(12)7-10(9)14-11/h3-4,7H,5-6,12H2,1-2H3,(H,13,14). The lowest BCUT2D eigenvalue weighted by atomic mass is 10.3. The van der Waals surface area contributed by atoms with E-state index >= 15 is 0 Å². The highest BCUT2D eigenvalue weighted by atomic mass is 16.5. The van der Waals surface area contributed by atoms with Gasteiger partial charge in [0.25, 0.3) is 6.01 Å². The zero-order valence-electron chi connectivity index (χ0n) is 9.53. The molecular weight excluding hydrogens is 204 g/mol. The van der Waals surface area contributed by atoms with E-state index < -0.39 is 0 Å². The first-order valence-corrected chi connectivity index (χ1v) is 5.18. The van der Waals surface area contributed by atoms with Gasteiger partial charge in [-0.25, -0.2) is 0 Å². The number of benzene rings is 1. The monoisotopic (exact) mass is 220 g/mol. The Morgan fingerprint density at radius 1 is 1.44 bits per heavy atom. The number of aromatic amines is 1. The van der Waals surface area contributed by atoms with Gasteiger partial charge in [0.2, 0.25) is 0 Å². The number of hydrogen-bond acceptors (Lipinski definition) is 4. The molecule has 16 heavy (non-hydrogen) atoms. The van der Waals surface area contributed by atoms with Crippen LogP contribution in [0, 0.1) is 0 Å². The summed E-state index contributed by atoms with van der Waals surface area (Å²) in [7, 11) is 4.01. The van der Waals surface area contributed by atoms with Crippen LogP contribution < -0.4 is 10.5 Å². The molecular formula is C11H16N4O. The van der Waals surface area contributed by atoms with Crippen molar-refractivity contribution in [1.29, 1.82) is 0 Å². The van der Waals surface area contributed by atoms with Gasteiger partial charge in [-0.1, -0.05) is 0 Å². The number of rotatable bonds is 4. The molecule has 0 unspecified atom stereocenters. The Morgan fingerprint density at radius 3 is 3.00 bits per heavy atom.